The number of hydrogen-bond acceptors (Lipinski definition) is 7. The van der Waals surface area contributed by atoms with Gasteiger partial charge in [0.2, 0.25) is 5.16 Å². The zero-order valence-corrected chi connectivity index (χ0v) is 22.6. The van der Waals surface area contributed by atoms with Gasteiger partial charge < -0.3 is 18.8 Å². The van der Waals surface area contributed by atoms with Crippen LogP contribution in [0.25, 0.3) is 0 Å². The van der Waals surface area contributed by atoms with E-state index in [1.165, 1.54) is 10.8 Å². The molecule has 0 bridgehead atoms. The Morgan fingerprint density at radius 2 is 1.95 bits per heavy atom. The van der Waals surface area contributed by atoms with Crippen LogP contribution in [0.2, 0.25) is 0 Å². The van der Waals surface area contributed by atoms with Crippen LogP contribution in [0.4, 0.5) is 5.69 Å². The first-order valence-corrected chi connectivity index (χ1v) is 14.8. The van der Waals surface area contributed by atoms with Crippen molar-refractivity contribution in [2.24, 2.45) is 18.9 Å². The molecule has 1 saturated carbocycles. The minimum absolute atomic E-state index is 0.0500. The first kappa shape index (κ1) is 26.5. The van der Waals surface area contributed by atoms with Crippen LogP contribution in [-0.2, 0) is 21.8 Å². The lowest BCUT2D eigenvalue weighted by Gasteiger charge is -2.26. The second kappa shape index (κ2) is 10.9. The topological polar surface area (TPSA) is 124 Å². The van der Waals surface area contributed by atoms with Crippen molar-refractivity contribution in [1.29, 1.82) is 0 Å². The largest absolute Gasteiger partial charge is 0.507 e. The van der Waals surface area contributed by atoms with Crippen LogP contribution in [0.1, 0.15) is 74.2 Å². The lowest BCUT2D eigenvalue weighted by atomic mass is 9.84. The van der Waals surface area contributed by atoms with Gasteiger partial charge in [-0.05, 0) is 68.1 Å². The van der Waals surface area contributed by atoms with E-state index in [0.29, 0.717) is 17.4 Å². The molecule has 0 spiro atoms. The molecule has 2 aromatic heterocycles. The number of benzene rings is 1. The third-order valence-corrected chi connectivity index (χ3v) is 9.14. The van der Waals surface area contributed by atoms with Gasteiger partial charge in [0, 0.05) is 56.2 Å². The molecule has 0 radical (unpaired) electrons. The summed E-state index contributed by atoms with van der Waals surface area (Å²) in [7, 11) is -2.28. The van der Waals surface area contributed by atoms with Crippen LogP contribution in [0, 0.1) is 11.8 Å². The summed E-state index contributed by atoms with van der Waals surface area (Å²) in [5.41, 5.74) is 0.818. The number of rotatable bonds is 10. The maximum absolute atomic E-state index is 13.4. The molecule has 0 amide bonds. The van der Waals surface area contributed by atoms with Gasteiger partial charge in [0.1, 0.15) is 11.5 Å². The molecule has 2 atom stereocenters. The number of imidazole rings is 1. The molecule has 1 aromatic carbocycles. The number of nitrogens with zero attached hydrogens (tertiary/aromatic N) is 2. The molecule has 9 nitrogen and oxygen atoms in total. The molecule has 204 valence electrons. The zero-order chi connectivity index (χ0) is 26.9. The van der Waals surface area contributed by atoms with Crippen molar-refractivity contribution >= 4 is 15.7 Å². The highest BCUT2D eigenvalue weighted by Gasteiger charge is 2.38. The van der Waals surface area contributed by atoms with Gasteiger partial charge in [0.15, 0.2) is 0 Å². The fourth-order valence-electron chi connectivity index (χ4n) is 5.58. The molecule has 3 aromatic rings. The summed E-state index contributed by atoms with van der Waals surface area (Å²) >= 11 is 0. The van der Waals surface area contributed by atoms with Gasteiger partial charge in [0.25, 0.3) is 10.0 Å². The van der Waals surface area contributed by atoms with E-state index in [1.807, 2.05) is 6.07 Å². The van der Waals surface area contributed by atoms with Crippen LogP contribution >= 0.6 is 0 Å². The SMILES string of the molecule is CCC(CC1CCOCC1)c1cc(O)c(C(c2cccc(NS(=O)(=O)c3nccn3C)c2)C2CC2)c(=O)o1. The Morgan fingerprint density at radius 1 is 1.18 bits per heavy atom. The maximum Gasteiger partial charge on any atom is 0.343 e. The molecule has 3 heterocycles. The number of aromatic hydroxyl groups is 1. The molecule has 2 fully saturated rings. The van der Waals surface area contributed by atoms with Crippen LogP contribution in [0.5, 0.6) is 5.75 Å². The zero-order valence-electron chi connectivity index (χ0n) is 21.8. The van der Waals surface area contributed by atoms with Crippen LogP contribution in [-0.4, -0.2) is 36.3 Å². The Labute approximate surface area is 222 Å². The van der Waals surface area contributed by atoms with Crippen LogP contribution in [0.15, 0.2) is 57.1 Å². The lowest BCUT2D eigenvalue weighted by Crippen LogP contribution is -2.20. The first-order chi connectivity index (χ1) is 18.3. The summed E-state index contributed by atoms with van der Waals surface area (Å²) < 4.78 is 41.1. The molecular formula is C28H35N3O6S. The van der Waals surface area contributed by atoms with E-state index in [1.54, 1.807) is 37.5 Å². The van der Waals surface area contributed by atoms with E-state index >= 15 is 0 Å². The molecule has 2 aliphatic rings. The number of nitrogens with one attached hydrogen (secondary N) is 1. The van der Waals surface area contributed by atoms with E-state index in [0.717, 1.165) is 57.3 Å². The van der Waals surface area contributed by atoms with Gasteiger partial charge in [-0.2, -0.15) is 8.42 Å². The van der Waals surface area contributed by atoms with Crippen LogP contribution < -0.4 is 10.3 Å². The molecule has 5 rings (SSSR count). The molecular weight excluding hydrogens is 506 g/mol. The fourth-order valence-corrected chi connectivity index (χ4v) is 6.74. The smallest absolute Gasteiger partial charge is 0.343 e. The predicted octanol–water partition coefficient (Wildman–Crippen LogP) is 4.73. The minimum Gasteiger partial charge on any atom is -0.507 e. The lowest BCUT2D eigenvalue weighted by molar-refractivity contribution is 0.0606. The van der Waals surface area contributed by atoms with E-state index in [4.69, 9.17) is 9.15 Å². The number of aromatic nitrogens is 2. The van der Waals surface area contributed by atoms with Crippen molar-refractivity contribution < 1.29 is 22.7 Å². The summed E-state index contributed by atoms with van der Waals surface area (Å²) in [4.78, 5) is 17.3. The number of aryl methyl sites for hydroxylation is 1. The van der Waals surface area contributed by atoms with Crippen molar-refractivity contribution in [2.45, 2.75) is 62.4 Å². The minimum atomic E-state index is -3.89. The standard InChI is InChI=1S/C28H35N3O6S/c1-3-19(15-18-9-13-36-14-10-18)24-17-23(32)26(27(33)37-24)25(20-7-8-20)21-5-4-6-22(16-21)30-38(34,35)28-29-11-12-31(28)2/h4-6,11-12,16-20,25,30,32H,3,7-10,13-15H2,1-2H3. The Hall–Kier alpha value is -3.11. The number of sulfonamides is 1. The monoisotopic (exact) mass is 541 g/mol. The molecule has 2 N–H and O–H groups in total. The van der Waals surface area contributed by atoms with Gasteiger partial charge in [-0.3, -0.25) is 4.72 Å². The second-order valence-electron chi connectivity index (χ2n) is 10.5. The Bertz CT molecular complexity index is 1440. The average molecular weight is 542 g/mol. The number of ether oxygens (including phenoxy) is 1. The normalized spacial score (nSPS) is 18.3. The number of anilines is 1. The van der Waals surface area contributed by atoms with Gasteiger partial charge in [-0.1, -0.05) is 19.1 Å². The summed E-state index contributed by atoms with van der Waals surface area (Å²) in [5.74, 6) is 0.800. The molecule has 1 aliphatic heterocycles. The molecule has 2 unspecified atom stereocenters. The van der Waals surface area contributed by atoms with E-state index in [2.05, 4.69) is 16.6 Å². The van der Waals surface area contributed by atoms with E-state index in [-0.39, 0.29) is 28.3 Å². The van der Waals surface area contributed by atoms with Gasteiger partial charge in [0.05, 0.1) is 5.56 Å². The molecule has 1 aliphatic carbocycles. The molecule has 1 saturated heterocycles. The van der Waals surface area contributed by atoms with Crippen LogP contribution in [0.3, 0.4) is 0 Å². The maximum atomic E-state index is 13.4. The summed E-state index contributed by atoms with van der Waals surface area (Å²) in [6.45, 7) is 3.59. The highest BCUT2D eigenvalue weighted by Crippen LogP contribution is 2.48. The molecule has 38 heavy (non-hydrogen) atoms. The van der Waals surface area contributed by atoms with Crippen molar-refractivity contribution in [1.82, 2.24) is 9.55 Å². The fraction of sp³-hybridized carbons (Fsp3) is 0.500. The van der Waals surface area contributed by atoms with Crippen molar-refractivity contribution in [3.8, 4) is 5.75 Å². The quantitative estimate of drug-likeness (QED) is 0.380. The predicted molar refractivity (Wildman–Crippen MR) is 143 cm³/mol. The van der Waals surface area contributed by atoms with Crippen molar-refractivity contribution in [3.63, 3.8) is 0 Å². The van der Waals surface area contributed by atoms with Crippen molar-refractivity contribution in [2.75, 3.05) is 17.9 Å². The average Bonchev–Trinajstić information content (AvgIpc) is 3.63. The summed E-state index contributed by atoms with van der Waals surface area (Å²) in [5, 5.41) is 11.0. The second-order valence-corrected chi connectivity index (χ2v) is 12.1. The van der Waals surface area contributed by atoms with E-state index in [9.17, 15) is 18.3 Å². The van der Waals surface area contributed by atoms with Crippen molar-refractivity contribution in [3.05, 3.63) is 70.0 Å². The highest BCUT2D eigenvalue weighted by molar-refractivity contribution is 7.92. The third kappa shape index (κ3) is 5.66. The molecule has 10 heteroatoms. The van der Waals surface area contributed by atoms with Gasteiger partial charge in [-0.25, -0.2) is 9.78 Å². The summed E-state index contributed by atoms with van der Waals surface area (Å²) in [6, 6.07) is 8.59. The Morgan fingerprint density at radius 3 is 2.58 bits per heavy atom. The number of hydrogen-bond donors (Lipinski definition) is 2. The van der Waals surface area contributed by atoms with E-state index < -0.39 is 21.6 Å². The highest BCUT2D eigenvalue weighted by atomic mass is 32.2. The van der Waals surface area contributed by atoms with Gasteiger partial charge in [-0.15, -0.1) is 0 Å². The first-order valence-electron chi connectivity index (χ1n) is 13.3. The third-order valence-electron chi connectivity index (χ3n) is 7.76. The summed E-state index contributed by atoms with van der Waals surface area (Å²) in [6.07, 6.45) is 8.50. The Balaban J connectivity index is 1.43. The Kier molecular flexibility index (Phi) is 7.63. The van der Waals surface area contributed by atoms with Gasteiger partial charge >= 0.3 is 5.63 Å².